The maximum Gasteiger partial charge on any atom is 0.0687 e. The van der Waals surface area contributed by atoms with Crippen LogP contribution in [-0.2, 0) is 0 Å². The lowest BCUT2D eigenvalue weighted by atomic mass is 10.3. The molecule has 0 aromatic rings. The van der Waals surface area contributed by atoms with Crippen molar-refractivity contribution in [2.75, 3.05) is 12.4 Å². The average Bonchev–Trinajstić information content (AvgIpc) is 2.13. The molecule has 1 aliphatic rings. The van der Waals surface area contributed by atoms with Gasteiger partial charge in [-0.3, -0.25) is 0 Å². The van der Waals surface area contributed by atoms with E-state index in [9.17, 15) is 0 Å². The van der Waals surface area contributed by atoms with Crippen LogP contribution in [0.15, 0.2) is 23.1 Å². The van der Waals surface area contributed by atoms with Gasteiger partial charge in [-0.15, -0.1) is 0 Å². The van der Waals surface area contributed by atoms with Crippen molar-refractivity contribution in [3.63, 3.8) is 0 Å². The Balaban J connectivity index is 2.53. The fourth-order valence-electron chi connectivity index (χ4n) is 0.503. The SMILES string of the molecule is OCC1=CSSCC=C1. The van der Waals surface area contributed by atoms with Crippen molar-refractivity contribution >= 4 is 21.6 Å². The third kappa shape index (κ3) is 2.47. The number of hydrogen-bond donors (Lipinski definition) is 1. The van der Waals surface area contributed by atoms with E-state index in [4.69, 9.17) is 5.11 Å². The Morgan fingerprint density at radius 3 is 3.33 bits per heavy atom. The molecule has 0 saturated heterocycles. The van der Waals surface area contributed by atoms with E-state index in [1.807, 2.05) is 11.5 Å². The van der Waals surface area contributed by atoms with Crippen LogP contribution in [0.25, 0.3) is 0 Å². The largest absolute Gasteiger partial charge is 0.392 e. The van der Waals surface area contributed by atoms with Crippen LogP contribution in [0.2, 0.25) is 0 Å². The second-order valence-electron chi connectivity index (χ2n) is 1.63. The van der Waals surface area contributed by atoms with Crippen molar-refractivity contribution in [1.82, 2.24) is 0 Å². The summed E-state index contributed by atoms with van der Waals surface area (Å²) in [6.07, 6.45) is 4.03. The maximum absolute atomic E-state index is 8.67. The first kappa shape index (κ1) is 7.25. The molecule has 9 heavy (non-hydrogen) atoms. The monoisotopic (exact) mass is 160 g/mol. The Kier molecular flexibility index (Phi) is 3.25. The second kappa shape index (κ2) is 4.04. The predicted octanol–water partition coefficient (Wildman–Crippen LogP) is 1.81. The molecule has 1 nitrogen and oxygen atoms in total. The molecule has 0 saturated carbocycles. The van der Waals surface area contributed by atoms with E-state index >= 15 is 0 Å². The molecular formula is C6H8OS2. The Labute approximate surface area is 62.6 Å². The summed E-state index contributed by atoms with van der Waals surface area (Å²) >= 11 is 0. The summed E-state index contributed by atoms with van der Waals surface area (Å²) in [5, 5.41) is 10.7. The summed E-state index contributed by atoms with van der Waals surface area (Å²) in [6, 6.07) is 0. The van der Waals surface area contributed by atoms with Crippen LogP contribution in [0.1, 0.15) is 0 Å². The lowest BCUT2D eigenvalue weighted by Crippen LogP contribution is -1.82. The fourth-order valence-corrected chi connectivity index (χ4v) is 2.15. The Hall–Kier alpha value is 0.140. The van der Waals surface area contributed by atoms with E-state index in [0.717, 1.165) is 11.3 Å². The lowest BCUT2D eigenvalue weighted by molar-refractivity contribution is 0.335. The van der Waals surface area contributed by atoms with Gasteiger partial charge in [0.1, 0.15) is 0 Å². The van der Waals surface area contributed by atoms with E-state index in [0.29, 0.717) is 0 Å². The molecular weight excluding hydrogens is 152 g/mol. The minimum absolute atomic E-state index is 0.157. The standard InChI is InChI=1S/C6H8OS2/c7-4-6-2-1-3-8-9-5-6/h1-2,5,7H,3-4H2. The quantitative estimate of drug-likeness (QED) is 0.591. The Bertz CT molecular complexity index is 140. The van der Waals surface area contributed by atoms with Crippen LogP contribution in [0.5, 0.6) is 0 Å². The highest BCUT2D eigenvalue weighted by Gasteiger charge is 1.93. The minimum Gasteiger partial charge on any atom is -0.392 e. The van der Waals surface area contributed by atoms with Gasteiger partial charge in [-0.2, -0.15) is 0 Å². The second-order valence-corrected chi connectivity index (χ2v) is 3.92. The molecule has 0 amide bonds. The molecule has 3 heteroatoms. The maximum atomic E-state index is 8.67. The molecule has 0 unspecified atom stereocenters. The molecule has 1 N–H and O–H groups in total. The highest BCUT2D eigenvalue weighted by Crippen LogP contribution is 2.26. The summed E-state index contributed by atoms with van der Waals surface area (Å²) in [4.78, 5) is 0. The van der Waals surface area contributed by atoms with Crippen molar-refractivity contribution in [3.05, 3.63) is 23.1 Å². The zero-order valence-corrected chi connectivity index (χ0v) is 6.54. The first-order chi connectivity index (χ1) is 4.43. The molecule has 1 rings (SSSR count). The number of rotatable bonds is 1. The van der Waals surface area contributed by atoms with Crippen molar-refractivity contribution in [1.29, 1.82) is 0 Å². The van der Waals surface area contributed by atoms with Crippen LogP contribution in [0.4, 0.5) is 0 Å². The van der Waals surface area contributed by atoms with E-state index in [-0.39, 0.29) is 6.61 Å². The molecule has 1 aliphatic heterocycles. The number of aliphatic hydroxyl groups is 1. The van der Waals surface area contributed by atoms with Crippen LogP contribution in [0, 0.1) is 0 Å². The van der Waals surface area contributed by atoms with Crippen molar-refractivity contribution in [2.24, 2.45) is 0 Å². The summed E-state index contributed by atoms with van der Waals surface area (Å²) in [5.74, 6) is 1.03. The van der Waals surface area contributed by atoms with Gasteiger partial charge < -0.3 is 5.11 Å². The normalized spacial score (nSPS) is 19.0. The first-order valence-electron chi connectivity index (χ1n) is 2.68. The zero-order chi connectivity index (χ0) is 6.53. The molecule has 0 fully saturated rings. The zero-order valence-electron chi connectivity index (χ0n) is 4.91. The van der Waals surface area contributed by atoms with Crippen molar-refractivity contribution in [3.8, 4) is 0 Å². The van der Waals surface area contributed by atoms with Crippen molar-refractivity contribution in [2.45, 2.75) is 0 Å². The fraction of sp³-hybridized carbons (Fsp3) is 0.333. The van der Waals surface area contributed by atoms with E-state index in [1.165, 1.54) is 0 Å². The number of hydrogen-bond acceptors (Lipinski definition) is 3. The van der Waals surface area contributed by atoms with Gasteiger partial charge in [-0.25, -0.2) is 0 Å². The average molecular weight is 160 g/mol. The van der Waals surface area contributed by atoms with Crippen LogP contribution in [-0.4, -0.2) is 17.5 Å². The third-order valence-corrected chi connectivity index (χ3v) is 2.92. The van der Waals surface area contributed by atoms with E-state index in [1.54, 1.807) is 21.6 Å². The number of aliphatic hydroxyl groups excluding tert-OH is 1. The Morgan fingerprint density at radius 1 is 1.67 bits per heavy atom. The Morgan fingerprint density at radius 2 is 2.56 bits per heavy atom. The lowest BCUT2D eigenvalue weighted by Gasteiger charge is -1.89. The highest BCUT2D eigenvalue weighted by atomic mass is 33.1. The van der Waals surface area contributed by atoms with Gasteiger partial charge in [-0.1, -0.05) is 33.7 Å². The smallest absolute Gasteiger partial charge is 0.0687 e. The van der Waals surface area contributed by atoms with E-state index in [2.05, 4.69) is 6.08 Å². The van der Waals surface area contributed by atoms with Crippen LogP contribution in [0.3, 0.4) is 0 Å². The predicted molar refractivity (Wildman–Crippen MR) is 44.4 cm³/mol. The summed E-state index contributed by atoms with van der Waals surface area (Å²) in [6.45, 7) is 0.157. The van der Waals surface area contributed by atoms with Gasteiger partial charge in [0.05, 0.1) is 6.61 Å². The van der Waals surface area contributed by atoms with Crippen molar-refractivity contribution < 1.29 is 5.11 Å². The minimum atomic E-state index is 0.157. The van der Waals surface area contributed by atoms with Crippen LogP contribution >= 0.6 is 21.6 Å². The molecule has 0 aromatic heterocycles. The molecule has 0 atom stereocenters. The van der Waals surface area contributed by atoms with Gasteiger partial charge in [0.2, 0.25) is 0 Å². The van der Waals surface area contributed by atoms with Gasteiger partial charge in [0.15, 0.2) is 0 Å². The molecule has 0 radical (unpaired) electrons. The van der Waals surface area contributed by atoms with Gasteiger partial charge in [0.25, 0.3) is 0 Å². The molecule has 0 aromatic carbocycles. The molecule has 0 aliphatic carbocycles. The molecule has 0 spiro atoms. The first-order valence-corrected chi connectivity index (χ1v) is 5.06. The molecule has 0 bridgehead atoms. The van der Waals surface area contributed by atoms with Gasteiger partial charge in [-0.05, 0) is 11.0 Å². The van der Waals surface area contributed by atoms with Gasteiger partial charge >= 0.3 is 0 Å². The summed E-state index contributed by atoms with van der Waals surface area (Å²) < 4.78 is 0. The van der Waals surface area contributed by atoms with Crippen LogP contribution < -0.4 is 0 Å². The molecule has 1 heterocycles. The third-order valence-electron chi connectivity index (χ3n) is 0.946. The van der Waals surface area contributed by atoms with Gasteiger partial charge in [0, 0.05) is 5.75 Å². The summed E-state index contributed by atoms with van der Waals surface area (Å²) in [7, 11) is 3.46. The molecule has 50 valence electrons. The topological polar surface area (TPSA) is 20.2 Å². The highest BCUT2D eigenvalue weighted by molar-refractivity contribution is 8.77. The van der Waals surface area contributed by atoms with E-state index < -0.39 is 0 Å². The summed E-state index contributed by atoms with van der Waals surface area (Å²) in [5.41, 5.74) is 1.00.